The average molecular weight is 211 g/mol. The minimum atomic E-state index is -3.68. The molecule has 5 heteroatoms. The van der Waals surface area contributed by atoms with Crippen LogP contribution in [0.1, 0.15) is 5.56 Å². The first-order chi connectivity index (χ1) is 6.54. The van der Waals surface area contributed by atoms with Gasteiger partial charge in [0.15, 0.2) is 0 Å². The van der Waals surface area contributed by atoms with Crippen molar-refractivity contribution in [2.75, 3.05) is 6.61 Å². The summed E-state index contributed by atoms with van der Waals surface area (Å²) >= 11 is 0. The van der Waals surface area contributed by atoms with Crippen LogP contribution in [-0.2, 0) is 10.0 Å². The Labute approximate surface area is 82.4 Å². The van der Waals surface area contributed by atoms with E-state index in [0.29, 0.717) is 5.56 Å². The first kappa shape index (κ1) is 10.7. The van der Waals surface area contributed by atoms with Gasteiger partial charge in [0.05, 0.1) is 4.90 Å². The molecule has 0 aliphatic rings. The van der Waals surface area contributed by atoms with Gasteiger partial charge in [-0.25, -0.2) is 13.6 Å². The van der Waals surface area contributed by atoms with E-state index in [0.717, 1.165) is 0 Å². The number of benzene rings is 1. The van der Waals surface area contributed by atoms with E-state index < -0.39 is 10.0 Å². The van der Waals surface area contributed by atoms with Gasteiger partial charge in [-0.3, -0.25) is 0 Å². The molecule has 0 heterocycles. The molecule has 0 saturated carbocycles. The molecule has 1 aromatic rings. The van der Waals surface area contributed by atoms with Crippen molar-refractivity contribution < 1.29 is 13.5 Å². The van der Waals surface area contributed by atoms with Crippen molar-refractivity contribution in [3.8, 4) is 11.8 Å². The SMILES string of the molecule is NS(=O)(=O)c1cccc(C#CCO)c1. The summed E-state index contributed by atoms with van der Waals surface area (Å²) in [5, 5.41) is 13.4. The highest BCUT2D eigenvalue weighted by Gasteiger charge is 2.06. The number of aliphatic hydroxyl groups excluding tert-OH is 1. The molecule has 0 spiro atoms. The zero-order valence-electron chi connectivity index (χ0n) is 7.27. The molecule has 0 fully saturated rings. The van der Waals surface area contributed by atoms with Crippen LogP contribution in [0.3, 0.4) is 0 Å². The lowest BCUT2D eigenvalue weighted by Gasteiger charge is -1.97. The van der Waals surface area contributed by atoms with Gasteiger partial charge in [0, 0.05) is 5.56 Å². The van der Waals surface area contributed by atoms with Crippen LogP contribution in [0.5, 0.6) is 0 Å². The smallest absolute Gasteiger partial charge is 0.238 e. The van der Waals surface area contributed by atoms with Crippen LogP contribution < -0.4 is 5.14 Å². The van der Waals surface area contributed by atoms with Gasteiger partial charge in [-0.05, 0) is 18.2 Å². The van der Waals surface area contributed by atoms with Crippen LogP contribution in [0.2, 0.25) is 0 Å². The standard InChI is InChI=1S/C9H9NO3S/c10-14(12,13)9-5-1-3-8(7-9)4-2-6-11/h1,3,5,7,11H,6H2,(H2,10,12,13). The maximum atomic E-state index is 10.9. The highest BCUT2D eigenvalue weighted by molar-refractivity contribution is 7.89. The molecule has 0 unspecified atom stereocenters. The molecular weight excluding hydrogens is 202 g/mol. The van der Waals surface area contributed by atoms with Crippen molar-refractivity contribution >= 4 is 10.0 Å². The number of primary sulfonamides is 1. The summed E-state index contributed by atoms with van der Waals surface area (Å²) in [6.45, 7) is -0.264. The molecule has 0 atom stereocenters. The Bertz CT molecular complexity index is 482. The first-order valence-corrected chi connectivity index (χ1v) is 5.31. The van der Waals surface area contributed by atoms with Gasteiger partial charge in [0.25, 0.3) is 0 Å². The Morgan fingerprint density at radius 2 is 2.14 bits per heavy atom. The molecular formula is C9H9NO3S. The van der Waals surface area contributed by atoms with Crippen molar-refractivity contribution in [1.82, 2.24) is 0 Å². The van der Waals surface area contributed by atoms with E-state index in [4.69, 9.17) is 10.2 Å². The number of sulfonamides is 1. The van der Waals surface area contributed by atoms with Gasteiger partial charge in [0.1, 0.15) is 6.61 Å². The maximum absolute atomic E-state index is 10.9. The Morgan fingerprint density at radius 3 is 2.71 bits per heavy atom. The van der Waals surface area contributed by atoms with Gasteiger partial charge >= 0.3 is 0 Å². The molecule has 4 nitrogen and oxygen atoms in total. The number of rotatable bonds is 1. The second kappa shape index (κ2) is 4.24. The van der Waals surface area contributed by atoms with Crippen molar-refractivity contribution in [3.63, 3.8) is 0 Å². The zero-order valence-corrected chi connectivity index (χ0v) is 8.08. The van der Waals surface area contributed by atoms with Crippen molar-refractivity contribution in [2.45, 2.75) is 4.90 Å². The fourth-order valence-electron chi connectivity index (χ4n) is 0.892. The molecule has 14 heavy (non-hydrogen) atoms. The van der Waals surface area contributed by atoms with Crippen molar-refractivity contribution in [1.29, 1.82) is 0 Å². The van der Waals surface area contributed by atoms with Crippen LogP contribution in [0, 0.1) is 11.8 Å². The predicted molar refractivity (Wildman–Crippen MR) is 51.8 cm³/mol. The van der Waals surface area contributed by atoms with Gasteiger partial charge in [-0.1, -0.05) is 17.9 Å². The topological polar surface area (TPSA) is 80.4 Å². The summed E-state index contributed by atoms with van der Waals surface area (Å²) in [7, 11) is -3.68. The van der Waals surface area contributed by atoms with E-state index in [1.165, 1.54) is 12.1 Å². The second-order valence-corrected chi connectivity index (χ2v) is 4.09. The van der Waals surface area contributed by atoms with Crippen LogP contribution in [-0.4, -0.2) is 20.1 Å². The zero-order chi connectivity index (χ0) is 10.6. The molecule has 0 aromatic heterocycles. The first-order valence-electron chi connectivity index (χ1n) is 3.76. The van der Waals surface area contributed by atoms with E-state index in [9.17, 15) is 8.42 Å². The van der Waals surface area contributed by atoms with Crippen LogP contribution >= 0.6 is 0 Å². The third-order valence-electron chi connectivity index (χ3n) is 1.47. The third-order valence-corrected chi connectivity index (χ3v) is 2.39. The largest absolute Gasteiger partial charge is 0.384 e. The third kappa shape index (κ3) is 2.85. The number of hydrogen-bond acceptors (Lipinski definition) is 3. The minimum Gasteiger partial charge on any atom is -0.384 e. The molecule has 1 aromatic carbocycles. The monoisotopic (exact) mass is 211 g/mol. The summed E-state index contributed by atoms with van der Waals surface area (Å²) < 4.78 is 21.9. The van der Waals surface area contributed by atoms with Crippen molar-refractivity contribution in [3.05, 3.63) is 29.8 Å². The summed E-state index contributed by atoms with van der Waals surface area (Å²) in [6.07, 6.45) is 0. The minimum absolute atomic E-state index is 0.0160. The fourth-order valence-corrected chi connectivity index (χ4v) is 1.45. The summed E-state index contributed by atoms with van der Waals surface area (Å²) in [5.41, 5.74) is 0.505. The molecule has 0 aliphatic heterocycles. The van der Waals surface area contributed by atoms with Crippen LogP contribution in [0.4, 0.5) is 0 Å². The quantitative estimate of drug-likeness (QED) is 0.624. The molecule has 0 aliphatic carbocycles. The molecule has 3 N–H and O–H groups in total. The lowest BCUT2D eigenvalue weighted by atomic mass is 10.2. The summed E-state index contributed by atoms with van der Waals surface area (Å²) in [4.78, 5) is 0.0160. The number of nitrogens with two attached hydrogens (primary N) is 1. The Kier molecular flexibility index (Phi) is 3.25. The highest BCUT2D eigenvalue weighted by Crippen LogP contribution is 2.08. The summed E-state index contributed by atoms with van der Waals surface area (Å²) in [5.74, 6) is 5.00. The van der Waals surface area contributed by atoms with Gasteiger partial charge in [-0.15, -0.1) is 0 Å². The van der Waals surface area contributed by atoms with Gasteiger partial charge in [-0.2, -0.15) is 0 Å². The van der Waals surface area contributed by atoms with E-state index in [1.54, 1.807) is 12.1 Å². The normalized spacial score (nSPS) is 10.4. The Morgan fingerprint density at radius 1 is 1.43 bits per heavy atom. The van der Waals surface area contributed by atoms with Crippen LogP contribution in [0.15, 0.2) is 29.2 Å². The van der Waals surface area contributed by atoms with E-state index >= 15 is 0 Å². The molecule has 74 valence electrons. The summed E-state index contributed by atoms with van der Waals surface area (Å²) in [6, 6.07) is 5.93. The van der Waals surface area contributed by atoms with E-state index in [-0.39, 0.29) is 11.5 Å². The Balaban J connectivity index is 3.14. The second-order valence-electron chi connectivity index (χ2n) is 2.53. The van der Waals surface area contributed by atoms with E-state index in [2.05, 4.69) is 11.8 Å². The van der Waals surface area contributed by atoms with Gasteiger partial charge in [0.2, 0.25) is 10.0 Å². The lowest BCUT2D eigenvalue weighted by molar-refractivity contribution is 0.350. The Hall–Kier alpha value is -1.35. The number of aliphatic hydroxyl groups is 1. The van der Waals surface area contributed by atoms with Crippen molar-refractivity contribution in [2.24, 2.45) is 5.14 Å². The fraction of sp³-hybridized carbons (Fsp3) is 0.111. The predicted octanol–water partition coefficient (Wildman–Crippen LogP) is -0.322. The van der Waals surface area contributed by atoms with Gasteiger partial charge < -0.3 is 5.11 Å². The molecule has 0 saturated heterocycles. The lowest BCUT2D eigenvalue weighted by Crippen LogP contribution is -2.11. The number of hydrogen-bond donors (Lipinski definition) is 2. The van der Waals surface area contributed by atoms with Crippen LogP contribution in [0.25, 0.3) is 0 Å². The maximum Gasteiger partial charge on any atom is 0.238 e. The highest BCUT2D eigenvalue weighted by atomic mass is 32.2. The average Bonchev–Trinajstić information content (AvgIpc) is 2.14. The van der Waals surface area contributed by atoms with E-state index in [1.807, 2.05) is 0 Å². The molecule has 0 bridgehead atoms. The molecule has 1 rings (SSSR count). The molecule has 0 radical (unpaired) electrons. The molecule has 0 amide bonds.